The molecule has 0 saturated heterocycles. The Morgan fingerprint density at radius 1 is 1.45 bits per heavy atom. The topological polar surface area (TPSA) is 12.0 Å². The zero-order valence-electron chi connectivity index (χ0n) is 7.90. The fraction of sp³-hybridized carbons (Fsp3) is 1.00. The van der Waals surface area contributed by atoms with Gasteiger partial charge in [0.25, 0.3) is 0 Å². The van der Waals surface area contributed by atoms with Crippen molar-refractivity contribution in [1.29, 1.82) is 0 Å². The molecule has 1 unspecified atom stereocenters. The highest BCUT2D eigenvalue weighted by atomic mass is 14.9. The van der Waals surface area contributed by atoms with E-state index in [1.54, 1.807) is 0 Å². The zero-order chi connectivity index (χ0) is 8.10. The predicted octanol–water partition coefficient (Wildman–Crippen LogP) is 2.56. The number of nitrogens with one attached hydrogen (secondary N) is 1. The summed E-state index contributed by atoms with van der Waals surface area (Å²) in [5.74, 6) is 0.992. The molecule has 0 radical (unpaired) electrons. The van der Waals surface area contributed by atoms with Crippen LogP contribution in [0, 0.1) is 5.92 Å². The van der Waals surface area contributed by atoms with Crippen LogP contribution in [0.25, 0.3) is 0 Å². The summed E-state index contributed by atoms with van der Waals surface area (Å²) < 4.78 is 0. The monoisotopic (exact) mass is 155 g/mol. The van der Waals surface area contributed by atoms with Gasteiger partial charge in [-0.25, -0.2) is 0 Å². The van der Waals surface area contributed by atoms with Gasteiger partial charge in [0.2, 0.25) is 0 Å². The molecular weight excluding hydrogens is 134 g/mol. The number of hydrogen-bond acceptors (Lipinski definition) is 1. The van der Waals surface area contributed by atoms with Crippen molar-refractivity contribution in [2.45, 2.75) is 52.0 Å². The van der Waals surface area contributed by atoms with E-state index in [9.17, 15) is 0 Å². The molecule has 1 saturated carbocycles. The largest absolute Gasteiger partial charge is 0.314 e. The molecule has 1 rings (SSSR count). The zero-order valence-corrected chi connectivity index (χ0v) is 7.90. The van der Waals surface area contributed by atoms with Gasteiger partial charge in [-0.05, 0) is 38.6 Å². The minimum atomic E-state index is 0.773. The molecule has 1 atom stereocenters. The van der Waals surface area contributed by atoms with Gasteiger partial charge in [-0.3, -0.25) is 0 Å². The first kappa shape index (κ1) is 9.05. The van der Waals surface area contributed by atoms with E-state index in [2.05, 4.69) is 19.2 Å². The molecule has 0 bridgehead atoms. The molecule has 1 aliphatic rings. The fourth-order valence-electron chi connectivity index (χ4n) is 1.61. The summed E-state index contributed by atoms with van der Waals surface area (Å²) in [4.78, 5) is 0. The van der Waals surface area contributed by atoms with E-state index in [-0.39, 0.29) is 0 Å². The molecule has 0 aromatic carbocycles. The van der Waals surface area contributed by atoms with E-state index in [0.717, 1.165) is 12.0 Å². The Bertz CT molecular complexity index is 97.0. The van der Waals surface area contributed by atoms with Crippen molar-refractivity contribution in [2.75, 3.05) is 6.54 Å². The molecule has 0 aromatic heterocycles. The van der Waals surface area contributed by atoms with Crippen molar-refractivity contribution in [3.63, 3.8) is 0 Å². The summed E-state index contributed by atoms with van der Waals surface area (Å²) in [5, 5.41) is 3.59. The van der Waals surface area contributed by atoms with Crippen LogP contribution < -0.4 is 5.32 Å². The molecule has 0 aliphatic heterocycles. The highest BCUT2D eigenvalue weighted by Crippen LogP contribution is 2.29. The van der Waals surface area contributed by atoms with Gasteiger partial charge in [-0.15, -0.1) is 0 Å². The highest BCUT2D eigenvalue weighted by molar-refractivity contribution is 4.79. The van der Waals surface area contributed by atoms with E-state index < -0.39 is 0 Å². The van der Waals surface area contributed by atoms with E-state index >= 15 is 0 Å². The van der Waals surface area contributed by atoms with Crippen molar-refractivity contribution in [3.05, 3.63) is 0 Å². The Morgan fingerprint density at radius 2 is 2.18 bits per heavy atom. The summed E-state index contributed by atoms with van der Waals surface area (Å²) in [6.45, 7) is 5.79. The van der Waals surface area contributed by atoms with E-state index in [1.807, 2.05) is 0 Å². The molecule has 0 aromatic rings. The maximum atomic E-state index is 3.59. The van der Waals surface area contributed by atoms with E-state index in [1.165, 1.54) is 38.6 Å². The maximum Gasteiger partial charge on any atom is 0.00669 e. The van der Waals surface area contributed by atoms with Gasteiger partial charge >= 0.3 is 0 Å². The van der Waals surface area contributed by atoms with Crippen molar-refractivity contribution in [2.24, 2.45) is 5.92 Å². The van der Waals surface area contributed by atoms with Gasteiger partial charge in [0.1, 0.15) is 0 Å². The highest BCUT2D eigenvalue weighted by Gasteiger charge is 2.22. The maximum absolute atomic E-state index is 3.59. The average molecular weight is 155 g/mol. The third kappa shape index (κ3) is 2.82. The summed E-state index contributed by atoms with van der Waals surface area (Å²) in [5.41, 5.74) is 0. The third-order valence-corrected chi connectivity index (χ3v) is 2.85. The van der Waals surface area contributed by atoms with Crippen molar-refractivity contribution in [3.8, 4) is 0 Å². The molecule has 66 valence electrons. The molecule has 1 nitrogen and oxygen atoms in total. The van der Waals surface area contributed by atoms with Crippen LogP contribution >= 0.6 is 0 Å². The van der Waals surface area contributed by atoms with Crippen LogP contribution in [0.1, 0.15) is 46.0 Å². The number of unbranched alkanes of at least 4 members (excludes halogenated alkanes) is 1. The Kier molecular flexibility index (Phi) is 3.92. The average Bonchev–Trinajstić information content (AvgIpc) is 1.84. The molecule has 0 heterocycles. The van der Waals surface area contributed by atoms with Gasteiger partial charge < -0.3 is 5.32 Å². The lowest BCUT2D eigenvalue weighted by molar-refractivity contribution is 0.241. The quantitative estimate of drug-likeness (QED) is 0.602. The van der Waals surface area contributed by atoms with Gasteiger partial charge in [-0.1, -0.05) is 19.8 Å². The Morgan fingerprint density at radius 3 is 2.64 bits per heavy atom. The second kappa shape index (κ2) is 4.76. The minimum absolute atomic E-state index is 0.773. The van der Waals surface area contributed by atoms with Crippen molar-refractivity contribution < 1.29 is 0 Å². The third-order valence-electron chi connectivity index (χ3n) is 2.85. The first-order chi connectivity index (χ1) is 5.34. The fourth-order valence-corrected chi connectivity index (χ4v) is 1.61. The summed E-state index contributed by atoms with van der Waals surface area (Å²) in [6, 6.07) is 0.773. The van der Waals surface area contributed by atoms with Crippen LogP contribution in [0.2, 0.25) is 0 Å². The van der Waals surface area contributed by atoms with Crippen molar-refractivity contribution in [1.82, 2.24) is 5.32 Å². The first-order valence-electron chi connectivity index (χ1n) is 5.08. The van der Waals surface area contributed by atoms with Crippen LogP contribution in [-0.4, -0.2) is 12.6 Å². The lowest BCUT2D eigenvalue weighted by Crippen LogP contribution is -2.37. The van der Waals surface area contributed by atoms with Crippen molar-refractivity contribution >= 4 is 0 Å². The van der Waals surface area contributed by atoms with Crippen LogP contribution in [0.5, 0.6) is 0 Å². The Labute approximate surface area is 70.6 Å². The molecule has 1 aliphatic carbocycles. The SMILES string of the molecule is CCCCNC(C)C1CCC1. The van der Waals surface area contributed by atoms with Gasteiger partial charge in [-0.2, -0.15) is 0 Å². The molecule has 0 amide bonds. The van der Waals surface area contributed by atoms with Gasteiger partial charge in [0, 0.05) is 6.04 Å². The van der Waals surface area contributed by atoms with Crippen LogP contribution in [0.4, 0.5) is 0 Å². The number of rotatable bonds is 5. The molecule has 1 heteroatoms. The summed E-state index contributed by atoms with van der Waals surface area (Å²) >= 11 is 0. The van der Waals surface area contributed by atoms with E-state index in [0.29, 0.717) is 0 Å². The molecule has 0 spiro atoms. The second-order valence-electron chi connectivity index (χ2n) is 3.79. The molecule has 11 heavy (non-hydrogen) atoms. The second-order valence-corrected chi connectivity index (χ2v) is 3.79. The predicted molar refractivity (Wildman–Crippen MR) is 49.7 cm³/mol. The molecular formula is C10H21N. The lowest BCUT2D eigenvalue weighted by atomic mass is 9.80. The summed E-state index contributed by atoms with van der Waals surface area (Å²) in [6.07, 6.45) is 7.02. The number of hydrogen-bond donors (Lipinski definition) is 1. The van der Waals surface area contributed by atoms with Gasteiger partial charge in [0.05, 0.1) is 0 Å². The van der Waals surface area contributed by atoms with E-state index in [4.69, 9.17) is 0 Å². The normalized spacial score (nSPS) is 21.3. The molecule has 1 fully saturated rings. The standard InChI is InChI=1S/C10H21N/c1-3-4-8-11-9(2)10-6-5-7-10/h9-11H,3-8H2,1-2H3. The Balaban J connectivity index is 1.96. The lowest BCUT2D eigenvalue weighted by Gasteiger charge is -2.32. The Hall–Kier alpha value is -0.0400. The smallest absolute Gasteiger partial charge is 0.00669 e. The summed E-state index contributed by atoms with van der Waals surface area (Å²) in [7, 11) is 0. The minimum Gasteiger partial charge on any atom is -0.314 e. The van der Waals surface area contributed by atoms with Crippen LogP contribution in [0.3, 0.4) is 0 Å². The molecule has 1 N–H and O–H groups in total. The van der Waals surface area contributed by atoms with Gasteiger partial charge in [0.15, 0.2) is 0 Å². The van der Waals surface area contributed by atoms with Crippen LogP contribution in [-0.2, 0) is 0 Å². The van der Waals surface area contributed by atoms with Crippen LogP contribution in [0.15, 0.2) is 0 Å². The first-order valence-corrected chi connectivity index (χ1v) is 5.08.